The number of hydrogen-bond acceptors (Lipinski definition) is 3. The van der Waals surface area contributed by atoms with Crippen LogP contribution in [-0.4, -0.2) is 31.1 Å². The summed E-state index contributed by atoms with van der Waals surface area (Å²) in [6.07, 6.45) is 6.03. The van der Waals surface area contributed by atoms with Gasteiger partial charge in [-0.15, -0.1) is 0 Å². The number of quaternary nitrogens is 1. The summed E-state index contributed by atoms with van der Waals surface area (Å²) in [5.74, 6) is -0.240. The molecule has 1 aromatic carbocycles. The van der Waals surface area contributed by atoms with E-state index in [1.54, 1.807) is 0 Å². The first-order chi connectivity index (χ1) is 13.9. The molecule has 4 N–H and O–H groups in total. The van der Waals surface area contributed by atoms with E-state index in [0.717, 1.165) is 62.6 Å². The molecule has 0 radical (unpaired) electrons. The molecule has 29 heavy (non-hydrogen) atoms. The Morgan fingerprint density at radius 1 is 1.21 bits per heavy atom. The van der Waals surface area contributed by atoms with Crippen LogP contribution in [0.1, 0.15) is 64.4 Å². The molecule has 0 aliphatic heterocycles. The Morgan fingerprint density at radius 2 is 1.93 bits per heavy atom. The molecule has 0 heterocycles. The maximum Gasteiger partial charge on any atom is 0.316 e. The Bertz CT molecular complexity index is 689. The van der Waals surface area contributed by atoms with E-state index in [4.69, 9.17) is 10.5 Å². The Morgan fingerprint density at radius 3 is 2.52 bits per heavy atom. The SMILES string of the molecule is C=C1CC(OC(=O)C(CCC)(CCCC)c2ccccc2)C1CC[NH2+]CC(N)=O. The molecule has 0 spiro atoms. The summed E-state index contributed by atoms with van der Waals surface area (Å²) in [6.45, 7) is 9.46. The summed E-state index contributed by atoms with van der Waals surface area (Å²) >= 11 is 0. The Balaban J connectivity index is 2.10. The number of amides is 1. The van der Waals surface area contributed by atoms with Crippen molar-refractivity contribution >= 4 is 11.9 Å². The van der Waals surface area contributed by atoms with Crippen molar-refractivity contribution < 1.29 is 19.6 Å². The van der Waals surface area contributed by atoms with E-state index in [-0.39, 0.29) is 30.4 Å². The summed E-state index contributed by atoms with van der Waals surface area (Å²) in [6, 6.07) is 10.1. The summed E-state index contributed by atoms with van der Waals surface area (Å²) in [4.78, 5) is 24.4. The number of nitrogens with two attached hydrogens (primary N) is 2. The molecule has 0 bridgehead atoms. The van der Waals surface area contributed by atoms with Gasteiger partial charge in [0.15, 0.2) is 6.54 Å². The molecule has 1 aliphatic rings. The maximum absolute atomic E-state index is 13.5. The lowest BCUT2D eigenvalue weighted by atomic mass is 9.72. The fourth-order valence-corrected chi connectivity index (χ4v) is 4.36. The van der Waals surface area contributed by atoms with Crippen LogP contribution < -0.4 is 11.1 Å². The average Bonchev–Trinajstić information content (AvgIpc) is 2.70. The zero-order chi connectivity index (χ0) is 21.3. The molecule has 1 amide bonds. The fourth-order valence-electron chi connectivity index (χ4n) is 4.36. The Kier molecular flexibility index (Phi) is 8.90. The largest absolute Gasteiger partial charge is 0.461 e. The number of primary amides is 1. The van der Waals surface area contributed by atoms with E-state index < -0.39 is 5.41 Å². The molecule has 5 heteroatoms. The number of carbonyl (C=O) groups excluding carboxylic acids is 2. The van der Waals surface area contributed by atoms with E-state index >= 15 is 0 Å². The van der Waals surface area contributed by atoms with E-state index in [0.29, 0.717) is 0 Å². The van der Waals surface area contributed by atoms with Gasteiger partial charge in [0.05, 0.1) is 12.0 Å². The normalized spacial score (nSPS) is 20.6. The third-order valence-electron chi connectivity index (χ3n) is 6.07. The zero-order valence-electron chi connectivity index (χ0n) is 18.0. The maximum atomic E-state index is 13.5. The second kappa shape index (κ2) is 11.1. The first-order valence-electron chi connectivity index (χ1n) is 11.0. The number of esters is 1. The summed E-state index contributed by atoms with van der Waals surface area (Å²) in [5, 5.41) is 1.90. The minimum atomic E-state index is -0.578. The first kappa shape index (κ1) is 23.1. The molecule has 3 atom stereocenters. The molecular weight excluding hydrogens is 364 g/mol. The van der Waals surface area contributed by atoms with Crippen LogP contribution in [0.5, 0.6) is 0 Å². The topological polar surface area (TPSA) is 86.0 Å². The van der Waals surface area contributed by atoms with Gasteiger partial charge in [-0.2, -0.15) is 0 Å². The number of unbranched alkanes of at least 4 members (excludes halogenated alkanes) is 1. The smallest absolute Gasteiger partial charge is 0.316 e. The number of carbonyl (C=O) groups is 2. The molecular formula is C24H37N2O3+. The summed E-state index contributed by atoms with van der Waals surface area (Å²) < 4.78 is 6.11. The zero-order valence-corrected chi connectivity index (χ0v) is 18.0. The van der Waals surface area contributed by atoms with Gasteiger partial charge in [0, 0.05) is 18.8 Å². The van der Waals surface area contributed by atoms with Crippen molar-refractivity contribution in [2.45, 2.75) is 70.3 Å². The predicted molar refractivity (Wildman–Crippen MR) is 115 cm³/mol. The monoisotopic (exact) mass is 401 g/mol. The van der Waals surface area contributed by atoms with Gasteiger partial charge < -0.3 is 15.8 Å². The van der Waals surface area contributed by atoms with E-state index in [1.807, 2.05) is 23.5 Å². The van der Waals surface area contributed by atoms with E-state index in [2.05, 4.69) is 32.6 Å². The van der Waals surface area contributed by atoms with Crippen molar-refractivity contribution in [1.82, 2.24) is 0 Å². The Hall–Kier alpha value is -2.14. The van der Waals surface area contributed by atoms with Crippen LogP contribution in [0, 0.1) is 5.92 Å². The third kappa shape index (κ3) is 5.92. The highest BCUT2D eigenvalue weighted by atomic mass is 16.5. The average molecular weight is 402 g/mol. The van der Waals surface area contributed by atoms with Crippen molar-refractivity contribution in [2.24, 2.45) is 11.7 Å². The van der Waals surface area contributed by atoms with Crippen LogP contribution in [0.25, 0.3) is 0 Å². The lowest BCUT2D eigenvalue weighted by molar-refractivity contribution is -0.645. The van der Waals surface area contributed by atoms with Crippen LogP contribution in [-0.2, 0) is 19.7 Å². The van der Waals surface area contributed by atoms with Gasteiger partial charge in [-0.25, -0.2) is 0 Å². The number of benzene rings is 1. The third-order valence-corrected chi connectivity index (χ3v) is 6.07. The lowest BCUT2D eigenvalue weighted by Crippen LogP contribution is -2.86. The highest BCUT2D eigenvalue weighted by molar-refractivity contribution is 5.83. The van der Waals surface area contributed by atoms with Crippen LogP contribution in [0.15, 0.2) is 42.5 Å². The molecule has 0 saturated heterocycles. The Labute approximate surface area is 175 Å². The fraction of sp³-hybridized carbons (Fsp3) is 0.583. The van der Waals surface area contributed by atoms with E-state index in [9.17, 15) is 9.59 Å². The molecule has 1 fully saturated rings. The summed E-state index contributed by atoms with van der Waals surface area (Å²) in [7, 11) is 0. The minimum Gasteiger partial charge on any atom is -0.461 e. The van der Waals surface area contributed by atoms with Crippen LogP contribution in [0.2, 0.25) is 0 Å². The van der Waals surface area contributed by atoms with E-state index in [1.165, 1.54) is 0 Å². The van der Waals surface area contributed by atoms with Gasteiger partial charge in [-0.1, -0.05) is 75.6 Å². The van der Waals surface area contributed by atoms with Crippen molar-refractivity contribution in [1.29, 1.82) is 0 Å². The standard InChI is InChI=1S/C24H36N2O3/c1-4-6-14-24(13-5-2,19-10-8-7-9-11-19)23(28)29-21-16-18(3)20(21)12-15-26-17-22(25)27/h7-11,20-21,26H,3-6,12-17H2,1-2H3,(H2,25,27)/p+1. The second-order valence-corrected chi connectivity index (χ2v) is 8.25. The van der Waals surface area contributed by atoms with Gasteiger partial charge in [-0.3, -0.25) is 9.59 Å². The number of rotatable bonds is 13. The van der Waals surface area contributed by atoms with Crippen LogP contribution in [0.3, 0.4) is 0 Å². The van der Waals surface area contributed by atoms with Crippen molar-refractivity contribution in [3.8, 4) is 0 Å². The van der Waals surface area contributed by atoms with Crippen LogP contribution in [0.4, 0.5) is 0 Å². The molecule has 1 saturated carbocycles. The number of hydrogen-bond donors (Lipinski definition) is 2. The van der Waals surface area contributed by atoms with Gasteiger partial charge in [-0.05, 0) is 18.4 Å². The first-order valence-corrected chi connectivity index (χ1v) is 11.0. The van der Waals surface area contributed by atoms with Crippen molar-refractivity contribution in [3.63, 3.8) is 0 Å². The van der Waals surface area contributed by atoms with Crippen molar-refractivity contribution in [3.05, 3.63) is 48.0 Å². The molecule has 0 aromatic heterocycles. The molecule has 1 aromatic rings. The minimum absolute atomic E-state index is 0.0948. The quantitative estimate of drug-likeness (QED) is 0.303. The predicted octanol–water partition coefficient (Wildman–Crippen LogP) is 2.84. The van der Waals surface area contributed by atoms with Gasteiger partial charge >= 0.3 is 5.97 Å². The van der Waals surface area contributed by atoms with Gasteiger partial charge in [0.25, 0.3) is 5.91 Å². The molecule has 5 nitrogen and oxygen atoms in total. The molecule has 3 unspecified atom stereocenters. The highest BCUT2D eigenvalue weighted by Crippen LogP contribution is 2.41. The summed E-state index contributed by atoms with van der Waals surface area (Å²) in [5.41, 5.74) is 6.80. The lowest BCUT2D eigenvalue weighted by Gasteiger charge is -2.41. The molecule has 160 valence electrons. The van der Waals surface area contributed by atoms with Gasteiger partial charge in [0.1, 0.15) is 6.10 Å². The van der Waals surface area contributed by atoms with Gasteiger partial charge in [0.2, 0.25) is 0 Å². The molecule has 1 aliphatic carbocycles. The van der Waals surface area contributed by atoms with Crippen LogP contribution >= 0.6 is 0 Å². The highest BCUT2D eigenvalue weighted by Gasteiger charge is 2.45. The van der Waals surface area contributed by atoms with Crippen molar-refractivity contribution in [2.75, 3.05) is 13.1 Å². The number of ether oxygens (including phenoxy) is 1. The molecule has 2 rings (SSSR count). The second-order valence-electron chi connectivity index (χ2n) is 8.25.